The monoisotopic (exact) mass is 429 g/mol. The van der Waals surface area contributed by atoms with Gasteiger partial charge in [-0.3, -0.25) is 4.79 Å². The van der Waals surface area contributed by atoms with Gasteiger partial charge in [-0.15, -0.1) is 0 Å². The van der Waals surface area contributed by atoms with Crippen LogP contribution in [0.4, 0.5) is 0 Å². The molecule has 0 saturated carbocycles. The molecule has 1 amide bonds. The average Bonchev–Trinajstić information content (AvgIpc) is 3.45. The molecule has 2 aromatic heterocycles. The minimum Gasteiger partial charge on any atom is -0.467 e. The van der Waals surface area contributed by atoms with Crippen molar-refractivity contribution < 1.29 is 13.6 Å². The lowest BCUT2D eigenvalue weighted by Gasteiger charge is -2.22. The second kappa shape index (κ2) is 8.32. The Morgan fingerprint density at radius 1 is 0.871 bits per heavy atom. The van der Waals surface area contributed by atoms with Crippen molar-refractivity contribution in [3.8, 4) is 0 Å². The van der Waals surface area contributed by atoms with Crippen molar-refractivity contribution in [1.82, 2.24) is 4.90 Å². The van der Waals surface area contributed by atoms with E-state index in [1.54, 1.807) is 17.4 Å². The molecular weight excluding hydrogens is 410 g/mol. The van der Waals surface area contributed by atoms with Gasteiger partial charge in [-0.05, 0) is 46.7 Å². The van der Waals surface area contributed by atoms with Crippen molar-refractivity contribution in [1.29, 1.82) is 0 Å². The molecule has 0 fully saturated rings. The summed E-state index contributed by atoms with van der Waals surface area (Å²) in [5.41, 5.74) is 2.68. The Kier molecular flexibility index (Phi) is 5.23. The predicted molar refractivity (Wildman–Crippen MR) is 122 cm³/mol. The highest BCUT2D eigenvalue weighted by molar-refractivity contribution is 6.30. The summed E-state index contributed by atoms with van der Waals surface area (Å²) >= 11 is 6.02. The quantitative estimate of drug-likeness (QED) is 0.305. The molecule has 0 aliphatic heterocycles. The molecule has 3 aromatic carbocycles. The smallest absolute Gasteiger partial charge is 0.227 e. The second-order valence-electron chi connectivity index (χ2n) is 7.55. The molecule has 4 nitrogen and oxygen atoms in total. The van der Waals surface area contributed by atoms with Crippen LogP contribution >= 0.6 is 11.6 Å². The molecule has 31 heavy (non-hydrogen) atoms. The summed E-state index contributed by atoms with van der Waals surface area (Å²) in [6.07, 6.45) is 3.56. The minimum absolute atomic E-state index is 0.00184. The van der Waals surface area contributed by atoms with Gasteiger partial charge in [-0.25, -0.2) is 0 Å². The zero-order valence-electron chi connectivity index (χ0n) is 16.8. The zero-order valence-corrected chi connectivity index (χ0v) is 17.5. The standard InChI is InChI=1S/C26H20ClNO3/c27-21-10-7-18(8-11-21)15-28(16-22-5-3-13-30-22)25(29)14-20-17-31-24-12-9-19-4-1-2-6-23(19)26(20)24/h1-13,17H,14-16H2. The van der Waals surface area contributed by atoms with E-state index in [4.69, 9.17) is 20.4 Å². The molecule has 0 saturated heterocycles. The number of benzene rings is 3. The fraction of sp³-hybridized carbons (Fsp3) is 0.115. The molecule has 5 heteroatoms. The summed E-state index contributed by atoms with van der Waals surface area (Å²) in [5.74, 6) is 0.742. The Labute approximate surface area is 184 Å². The maximum Gasteiger partial charge on any atom is 0.227 e. The van der Waals surface area contributed by atoms with Gasteiger partial charge < -0.3 is 13.7 Å². The fourth-order valence-electron chi connectivity index (χ4n) is 3.91. The van der Waals surface area contributed by atoms with Gasteiger partial charge in [-0.1, -0.05) is 54.1 Å². The van der Waals surface area contributed by atoms with E-state index in [0.29, 0.717) is 18.1 Å². The number of halogens is 1. The van der Waals surface area contributed by atoms with Gasteiger partial charge in [0.2, 0.25) is 5.91 Å². The van der Waals surface area contributed by atoms with Crippen LogP contribution in [0, 0.1) is 0 Å². The number of furan rings is 2. The number of hydrogen-bond donors (Lipinski definition) is 0. The molecule has 0 aliphatic rings. The molecule has 0 aliphatic carbocycles. The zero-order chi connectivity index (χ0) is 21.2. The summed E-state index contributed by atoms with van der Waals surface area (Å²) in [4.78, 5) is 15.2. The Hall–Kier alpha value is -3.50. The van der Waals surface area contributed by atoms with Crippen molar-refractivity contribution in [3.05, 3.63) is 107 Å². The van der Waals surface area contributed by atoms with Gasteiger partial charge in [0, 0.05) is 22.5 Å². The molecular formula is C26H20ClNO3. The van der Waals surface area contributed by atoms with Crippen molar-refractivity contribution in [3.63, 3.8) is 0 Å². The van der Waals surface area contributed by atoms with E-state index in [9.17, 15) is 4.79 Å². The van der Waals surface area contributed by atoms with Gasteiger partial charge >= 0.3 is 0 Å². The summed E-state index contributed by atoms with van der Waals surface area (Å²) in [5, 5.41) is 3.88. The Balaban J connectivity index is 1.46. The third-order valence-electron chi connectivity index (χ3n) is 5.45. The van der Waals surface area contributed by atoms with Crippen LogP contribution in [-0.4, -0.2) is 10.8 Å². The number of rotatable bonds is 6. The van der Waals surface area contributed by atoms with Crippen molar-refractivity contribution in [2.75, 3.05) is 0 Å². The molecule has 5 rings (SSSR count). The lowest BCUT2D eigenvalue weighted by atomic mass is 10.0. The molecule has 0 unspecified atom stereocenters. The maximum absolute atomic E-state index is 13.4. The van der Waals surface area contributed by atoms with Crippen LogP contribution in [-0.2, 0) is 24.3 Å². The Bertz CT molecular complexity index is 1340. The first-order valence-corrected chi connectivity index (χ1v) is 10.5. The van der Waals surface area contributed by atoms with Crippen LogP contribution in [0.25, 0.3) is 21.7 Å². The average molecular weight is 430 g/mol. The van der Waals surface area contributed by atoms with Gasteiger partial charge in [0.1, 0.15) is 11.3 Å². The Morgan fingerprint density at radius 3 is 2.52 bits per heavy atom. The molecule has 0 N–H and O–H groups in total. The van der Waals surface area contributed by atoms with Crippen molar-refractivity contribution in [2.45, 2.75) is 19.5 Å². The highest BCUT2D eigenvalue weighted by atomic mass is 35.5. The highest BCUT2D eigenvalue weighted by Crippen LogP contribution is 2.30. The lowest BCUT2D eigenvalue weighted by Crippen LogP contribution is -2.31. The summed E-state index contributed by atoms with van der Waals surface area (Å²) < 4.78 is 11.3. The third-order valence-corrected chi connectivity index (χ3v) is 5.70. The Morgan fingerprint density at radius 2 is 1.71 bits per heavy atom. The van der Waals surface area contributed by atoms with Crippen molar-refractivity contribution >= 4 is 39.2 Å². The third kappa shape index (κ3) is 4.07. The van der Waals surface area contributed by atoms with E-state index in [1.807, 2.05) is 60.7 Å². The molecule has 0 spiro atoms. The topological polar surface area (TPSA) is 46.6 Å². The number of nitrogens with zero attached hydrogens (tertiary/aromatic N) is 1. The molecule has 154 valence electrons. The molecule has 0 atom stereocenters. The van der Waals surface area contributed by atoms with Crippen LogP contribution < -0.4 is 0 Å². The number of fused-ring (bicyclic) bond motifs is 3. The number of carbonyl (C=O) groups excluding carboxylic acids is 1. The molecule has 5 aromatic rings. The summed E-state index contributed by atoms with van der Waals surface area (Å²) in [6, 6.07) is 23.4. The first-order valence-electron chi connectivity index (χ1n) is 10.1. The lowest BCUT2D eigenvalue weighted by molar-refractivity contribution is -0.132. The van der Waals surface area contributed by atoms with E-state index >= 15 is 0 Å². The van der Waals surface area contributed by atoms with Gasteiger partial charge in [-0.2, -0.15) is 0 Å². The summed E-state index contributed by atoms with van der Waals surface area (Å²) in [6.45, 7) is 0.859. The van der Waals surface area contributed by atoms with Crippen LogP contribution in [0.2, 0.25) is 5.02 Å². The van der Waals surface area contributed by atoms with E-state index in [-0.39, 0.29) is 12.3 Å². The first kappa shape index (κ1) is 19.5. The molecule has 0 radical (unpaired) electrons. The normalized spacial score (nSPS) is 11.3. The van der Waals surface area contributed by atoms with Crippen LogP contribution in [0.1, 0.15) is 16.9 Å². The van der Waals surface area contributed by atoms with E-state index in [2.05, 4.69) is 12.1 Å². The second-order valence-corrected chi connectivity index (χ2v) is 7.99. The van der Waals surface area contributed by atoms with E-state index in [1.165, 1.54) is 0 Å². The number of carbonyl (C=O) groups is 1. The maximum atomic E-state index is 13.4. The van der Waals surface area contributed by atoms with E-state index in [0.717, 1.165) is 38.6 Å². The number of amides is 1. The van der Waals surface area contributed by atoms with Crippen LogP contribution in [0.15, 0.2) is 94.2 Å². The van der Waals surface area contributed by atoms with Crippen LogP contribution in [0.5, 0.6) is 0 Å². The van der Waals surface area contributed by atoms with Gasteiger partial charge in [0.15, 0.2) is 0 Å². The highest BCUT2D eigenvalue weighted by Gasteiger charge is 2.20. The predicted octanol–water partition coefficient (Wildman–Crippen LogP) is 6.60. The fourth-order valence-corrected chi connectivity index (χ4v) is 4.04. The largest absolute Gasteiger partial charge is 0.467 e. The van der Waals surface area contributed by atoms with E-state index < -0.39 is 0 Å². The first-order chi connectivity index (χ1) is 15.2. The number of hydrogen-bond acceptors (Lipinski definition) is 3. The van der Waals surface area contributed by atoms with Gasteiger partial charge in [0.05, 0.1) is 25.5 Å². The van der Waals surface area contributed by atoms with Crippen LogP contribution in [0.3, 0.4) is 0 Å². The molecule has 0 bridgehead atoms. The summed E-state index contributed by atoms with van der Waals surface area (Å²) in [7, 11) is 0. The van der Waals surface area contributed by atoms with Crippen molar-refractivity contribution in [2.24, 2.45) is 0 Å². The molecule has 2 heterocycles. The van der Waals surface area contributed by atoms with Gasteiger partial charge in [0.25, 0.3) is 0 Å². The minimum atomic E-state index is 0.00184. The SMILES string of the molecule is O=C(Cc1coc2ccc3ccccc3c12)N(Cc1ccc(Cl)cc1)Cc1ccco1.